The first kappa shape index (κ1) is 22.1. The molecule has 1 N–H and O–H groups in total. The second-order valence-corrected chi connectivity index (χ2v) is 7.63. The number of hydrogen-bond donors (Lipinski definition) is 1. The molecule has 25 heavy (non-hydrogen) atoms. The molecule has 0 spiro atoms. The highest BCUT2D eigenvalue weighted by Gasteiger charge is 2.37. The third kappa shape index (κ3) is 5.06. The number of rotatable bonds is 5. The van der Waals surface area contributed by atoms with Crippen LogP contribution in [0.25, 0.3) is 0 Å². The second kappa shape index (κ2) is 8.66. The first-order valence-corrected chi connectivity index (χ1v) is 9.21. The second-order valence-electron chi connectivity index (χ2n) is 5.74. The van der Waals surface area contributed by atoms with E-state index in [1.165, 1.54) is 4.31 Å². The third-order valence-corrected chi connectivity index (χ3v) is 5.96. The van der Waals surface area contributed by atoms with Gasteiger partial charge in [0.15, 0.2) is 0 Å². The van der Waals surface area contributed by atoms with Crippen LogP contribution in [0.4, 0.5) is 17.6 Å². The lowest BCUT2D eigenvalue weighted by atomic mass is 10.1. The van der Waals surface area contributed by atoms with Crippen LogP contribution in [0.15, 0.2) is 23.1 Å². The summed E-state index contributed by atoms with van der Waals surface area (Å²) in [5, 5.41) is 3.12. The Hall–Kier alpha value is -0.900. The average Bonchev–Trinajstić information content (AvgIpc) is 2.52. The van der Waals surface area contributed by atoms with E-state index in [0.717, 1.165) is 6.07 Å². The van der Waals surface area contributed by atoms with Crippen LogP contribution in [0.3, 0.4) is 0 Å². The third-order valence-electron chi connectivity index (χ3n) is 4.01. The Morgan fingerprint density at radius 2 is 1.84 bits per heavy atom. The molecule has 10 heteroatoms. The van der Waals surface area contributed by atoms with E-state index < -0.39 is 32.5 Å². The van der Waals surface area contributed by atoms with E-state index in [4.69, 9.17) is 0 Å². The van der Waals surface area contributed by atoms with Crippen molar-refractivity contribution in [2.75, 3.05) is 19.6 Å². The van der Waals surface area contributed by atoms with E-state index in [9.17, 15) is 26.0 Å². The molecular weight excluding hydrogens is 384 g/mol. The van der Waals surface area contributed by atoms with Crippen LogP contribution < -0.4 is 5.32 Å². The van der Waals surface area contributed by atoms with Crippen molar-refractivity contribution in [3.63, 3.8) is 0 Å². The van der Waals surface area contributed by atoms with Crippen molar-refractivity contribution < 1.29 is 26.0 Å². The van der Waals surface area contributed by atoms with Gasteiger partial charge in [0.2, 0.25) is 10.0 Å². The zero-order valence-corrected chi connectivity index (χ0v) is 15.3. The van der Waals surface area contributed by atoms with Gasteiger partial charge in [0, 0.05) is 12.6 Å². The zero-order valence-electron chi connectivity index (χ0n) is 13.6. The number of sulfonamides is 1. The summed E-state index contributed by atoms with van der Waals surface area (Å²) in [6, 6.07) is 1.57. The number of alkyl halides is 3. The Morgan fingerprint density at radius 3 is 2.36 bits per heavy atom. The van der Waals surface area contributed by atoms with Gasteiger partial charge in [0.25, 0.3) is 0 Å². The molecule has 1 aromatic carbocycles. The predicted molar refractivity (Wildman–Crippen MR) is 88.7 cm³/mol. The van der Waals surface area contributed by atoms with Gasteiger partial charge in [0.05, 0.1) is 10.5 Å². The van der Waals surface area contributed by atoms with Gasteiger partial charge < -0.3 is 5.32 Å². The van der Waals surface area contributed by atoms with Gasteiger partial charge in [0.1, 0.15) is 5.82 Å². The SMILES string of the molecule is CCCN(C1CCNCC1)S(=O)(=O)c1ccc(F)c(C(F)(F)F)c1.Cl. The van der Waals surface area contributed by atoms with Gasteiger partial charge in [-0.1, -0.05) is 6.92 Å². The van der Waals surface area contributed by atoms with Gasteiger partial charge in [-0.15, -0.1) is 12.4 Å². The molecule has 1 saturated heterocycles. The van der Waals surface area contributed by atoms with E-state index in [-0.39, 0.29) is 25.0 Å². The van der Waals surface area contributed by atoms with Crippen molar-refractivity contribution in [1.29, 1.82) is 0 Å². The summed E-state index contributed by atoms with van der Waals surface area (Å²) in [7, 11) is -4.12. The summed E-state index contributed by atoms with van der Waals surface area (Å²) in [6.45, 7) is 3.32. The summed E-state index contributed by atoms with van der Waals surface area (Å²) >= 11 is 0. The number of hydrogen-bond acceptors (Lipinski definition) is 3. The van der Waals surface area contributed by atoms with Crippen molar-refractivity contribution in [2.24, 2.45) is 0 Å². The highest BCUT2D eigenvalue weighted by atomic mass is 35.5. The molecule has 0 aliphatic carbocycles. The Balaban J connectivity index is 0.00000312. The fourth-order valence-corrected chi connectivity index (χ4v) is 4.64. The molecule has 4 nitrogen and oxygen atoms in total. The Kier molecular flexibility index (Phi) is 7.67. The molecule has 144 valence electrons. The Morgan fingerprint density at radius 1 is 1.24 bits per heavy atom. The van der Waals surface area contributed by atoms with E-state index in [0.29, 0.717) is 44.5 Å². The summed E-state index contributed by atoms with van der Waals surface area (Å²) in [6.07, 6.45) is -3.23. The van der Waals surface area contributed by atoms with Crippen LogP contribution in [-0.2, 0) is 16.2 Å². The van der Waals surface area contributed by atoms with Crippen molar-refractivity contribution in [1.82, 2.24) is 9.62 Å². The molecule has 0 saturated carbocycles. The Labute approximate surface area is 151 Å². The van der Waals surface area contributed by atoms with Gasteiger partial charge in [-0.2, -0.15) is 17.5 Å². The molecule has 1 heterocycles. The van der Waals surface area contributed by atoms with Crippen LogP contribution in [0, 0.1) is 5.82 Å². The van der Waals surface area contributed by atoms with E-state index in [2.05, 4.69) is 5.32 Å². The van der Waals surface area contributed by atoms with Crippen molar-refractivity contribution >= 4 is 22.4 Å². The van der Waals surface area contributed by atoms with Crippen LogP contribution in [-0.4, -0.2) is 38.4 Å². The molecule has 0 atom stereocenters. The summed E-state index contributed by atoms with van der Waals surface area (Å²) in [5.41, 5.74) is -1.56. The van der Waals surface area contributed by atoms with Crippen LogP contribution in [0.5, 0.6) is 0 Å². The van der Waals surface area contributed by atoms with Crippen molar-refractivity contribution in [3.8, 4) is 0 Å². The summed E-state index contributed by atoms with van der Waals surface area (Å²) in [4.78, 5) is -0.525. The van der Waals surface area contributed by atoms with Crippen LogP contribution in [0.1, 0.15) is 31.7 Å². The fourth-order valence-electron chi connectivity index (χ4n) is 2.83. The topological polar surface area (TPSA) is 49.4 Å². The number of piperidine rings is 1. The predicted octanol–water partition coefficient (Wildman–Crippen LogP) is 3.42. The molecule has 0 unspecified atom stereocenters. The maximum Gasteiger partial charge on any atom is 0.419 e. The van der Waals surface area contributed by atoms with Crippen LogP contribution >= 0.6 is 12.4 Å². The monoisotopic (exact) mass is 404 g/mol. The molecule has 1 aliphatic rings. The first-order valence-electron chi connectivity index (χ1n) is 7.77. The lowest BCUT2D eigenvalue weighted by Gasteiger charge is -2.33. The minimum Gasteiger partial charge on any atom is -0.317 e. The van der Waals surface area contributed by atoms with E-state index >= 15 is 0 Å². The standard InChI is InChI=1S/C15H20F4N2O2S.ClH/c1-2-9-21(11-5-7-20-8-6-11)24(22,23)12-3-4-14(16)13(10-12)15(17,18)19;/h3-4,10-11,20H,2,5-9H2,1H3;1H. The molecule has 1 fully saturated rings. The van der Waals surface area contributed by atoms with Gasteiger partial charge >= 0.3 is 6.18 Å². The largest absolute Gasteiger partial charge is 0.419 e. The number of nitrogens with zero attached hydrogens (tertiary/aromatic N) is 1. The molecular formula is C15H21ClF4N2O2S. The number of nitrogens with one attached hydrogen (secondary N) is 1. The molecule has 0 bridgehead atoms. The summed E-state index contributed by atoms with van der Waals surface area (Å²) < 4.78 is 78.9. The normalized spacial score (nSPS) is 16.7. The van der Waals surface area contributed by atoms with E-state index in [1.807, 2.05) is 0 Å². The maximum atomic E-state index is 13.4. The minimum atomic E-state index is -4.94. The number of benzene rings is 1. The molecule has 0 radical (unpaired) electrons. The minimum absolute atomic E-state index is 0. The van der Waals surface area contributed by atoms with Crippen LogP contribution in [0.2, 0.25) is 0 Å². The van der Waals surface area contributed by atoms with Gasteiger partial charge in [-0.3, -0.25) is 0 Å². The van der Waals surface area contributed by atoms with E-state index in [1.54, 1.807) is 6.92 Å². The zero-order chi connectivity index (χ0) is 18.0. The molecule has 0 amide bonds. The van der Waals surface area contributed by atoms with Gasteiger partial charge in [-0.05, 0) is 50.6 Å². The highest BCUT2D eigenvalue weighted by molar-refractivity contribution is 7.89. The molecule has 1 aromatic rings. The smallest absolute Gasteiger partial charge is 0.317 e. The lowest BCUT2D eigenvalue weighted by molar-refractivity contribution is -0.140. The van der Waals surface area contributed by atoms with Crippen molar-refractivity contribution in [3.05, 3.63) is 29.6 Å². The average molecular weight is 405 g/mol. The quantitative estimate of drug-likeness (QED) is 0.765. The molecule has 2 rings (SSSR count). The highest BCUT2D eigenvalue weighted by Crippen LogP contribution is 2.34. The maximum absolute atomic E-state index is 13.4. The lowest BCUT2D eigenvalue weighted by Crippen LogP contribution is -2.46. The first-order chi connectivity index (χ1) is 11.2. The molecule has 1 aliphatic heterocycles. The summed E-state index contributed by atoms with van der Waals surface area (Å²) in [5.74, 6) is -1.48. The van der Waals surface area contributed by atoms with Crippen molar-refractivity contribution in [2.45, 2.75) is 43.3 Å². The fraction of sp³-hybridized carbons (Fsp3) is 0.600. The molecule has 0 aromatic heterocycles. The number of halogens is 5. The Bertz CT molecular complexity index is 677. The van der Waals surface area contributed by atoms with Gasteiger partial charge in [-0.25, -0.2) is 12.8 Å².